The van der Waals surface area contributed by atoms with E-state index in [1.54, 1.807) is 55.2 Å². The van der Waals surface area contributed by atoms with Crippen molar-refractivity contribution in [3.8, 4) is 11.5 Å². The first-order valence-corrected chi connectivity index (χ1v) is 6.49. The van der Waals surface area contributed by atoms with Crippen LogP contribution in [0.2, 0.25) is 0 Å². The Labute approximate surface area is 123 Å². The Morgan fingerprint density at radius 2 is 1.86 bits per heavy atom. The summed E-state index contributed by atoms with van der Waals surface area (Å²) in [5.41, 5.74) is 1.50. The van der Waals surface area contributed by atoms with Crippen LogP contribution in [0.1, 0.15) is 15.9 Å². The zero-order chi connectivity index (χ0) is 15.4. The fourth-order valence-electron chi connectivity index (χ4n) is 2.05. The van der Waals surface area contributed by atoms with E-state index in [-0.39, 0.29) is 5.91 Å². The number of carbonyl (C=O) groups is 1. The van der Waals surface area contributed by atoms with Crippen molar-refractivity contribution < 1.29 is 14.3 Å². The largest absolute Gasteiger partial charge is 0.497 e. The first-order valence-electron chi connectivity index (χ1n) is 6.49. The highest BCUT2D eigenvalue weighted by atomic mass is 16.5. The molecule has 0 fully saturated rings. The van der Waals surface area contributed by atoms with E-state index >= 15 is 0 Å². The van der Waals surface area contributed by atoms with E-state index in [1.165, 1.54) is 0 Å². The third-order valence-corrected chi connectivity index (χ3v) is 3.12. The van der Waals surface area contributed by atoms with Gasteiger partial charge in [-0.3, -0.25) is 9.48 Å². The smallest absolute Gasteiger partial charge is 0.254 e. The molecule has 0 aliphatic carbocycles. The number of benzene rings is 1. The van der Waals surface area contributed by atoms with Gasteiger partial charge in [0.1, 0.15) is 11.5 Å². The van der Waals surface area contributed by atoms with Crippen LogP contribution in [0.5, 0.6) is 11.5 Å². The van der Waals surface area contributed by atoms with Gasteiger partial charge in [-0.05, 0) is 12.1 Å². The van der Waals surface area contributed by atoms with Crippen molar-refractivity contribution in [2.75, 3.05) is 21.3 Å². The molecule has 112 valence electrons. The standard InChI is InChI=1S/C15H19N3O3/c1-17(9-11-8-16-18(2)10-11)15(19)12-5-13(20-3)7-14(6-12)21-4/h5-8,10H,9H2,1-4H3. The van der Waals surface area contributed by atoms with Crippen LogP contribution in [0.15, 0.2) is 30.6 Å². The summed E-state index contributed by atoms with van der Waals surface area (Å²) in [6.45, 7) is 0.492. The summed E-state index contributed by atoms with van der Waals surface area (Å²) in [6.07, 6.45) is 3.63. The summed E-state index contributed by atoms with van der Waals surface area (Å²) in [7, 11) is 6.71. The molecule has 0 aliphatic rings. The number of carbonyl (C=O) groups excluding carboxylic acids is 1. The van der Waals surface area contributed by atoms with Gasteiger partial charge >= 0.3 is 0 Å². The van der Waals surface area contributed by atoms with E-state index in [2.05, 4.69) is 5.10 Å². The van der Waals surface area contributed by atoms with E-state index in [1.807, 2.05) is 13.2 Å². The Balaban J connectivity index is 2.18. The molecule has 0 atom stereocenters. The van der Waals surface area contributed by atoms with Gasteiger partial charge in [0.25, 0.3) is 5.91 Å². The van der Waals surface area contributed by atoms with Gasteiger partial charge in [0, 0.05) is 44.0 Å². The van der Waals surface area contributed by atoms with Crippen LogP contribution in [0.4, 0.5) is 0 Å². The van der Waals surface area contributed by atoms with E-state index in [9.17, 15) is 4.79 Å². The minimum Gasteiger partial charge on any atom is -0.497 e. The first-order chi connectivity index (χ1) is 10.0. The van der Waals surface area contributed by atoms with Gasteiger partial charge in [-0.1, -0.05) is 0 Å². The number of aromatic nitrogens is 2. The van der Waals surface area contributed by atoms with Crippen LogP contribution >= 0.6 is 0 Å². The lowest BCUT2D eigenvalue weighted by Gasteiger charge is -2.17. The van der Waals surface area contributed by atoms with E-state index < -0.39 is 0 Å². The Hall–Kier alpha value is -2.50. The van der Waals surface area contributed by atoms with Crippen molar-refractivity contribution in [3.05, 3.63) is 41.7 Å². The fourth-order valence-corrected chi connectivity index (χ4v) is 2.05. The summed E-state index contributed by atoms with van der Waals surface area (Å²) in [5, 5.41) is 4.10. The van der Waals surface area contributed by atoms with Crippen LogP contribution in [-0.4, -0.2) is 41.9 Å². The average molecular weight is 289 g/mol. The molecule has 0 saturated carbocycles. The zero-order valence-corrected chi connectivity index (χ0v) is 12.7. The Kier molecular flexibility index (Phi) is 4.47. The maximum absolute atomic E-state index is 12.5. The maximum Gasteiger partial charge on any atom is 0.254 e. The molecule has 2 rings (SSSR count). The Bertz CT molecular complexity index is 615. The molecule has 1 heterocycles. The number of nitrogens with zero attached hydrogens (tertiary/aromatic N) is 3. The molecule has 0 aliphatic heterocycles. The van der Waals surface area contributed by atoms with Crippen molar-refractivity contribution in [2.45, 2.75) is 6.54 Å². The molecule has 0 radical (unpaired) electrons. The summed E-state index contributed by atoms with van der Waals surface area (Å²) in [5.74, 6) is 1.08. The molecule has 1 aromatic carbocycles. The second kappa shape index (κ2) is 6.30. The van der Waals surface area contributed by atoms with Gasteiger partial charge in [-0.25, -0.2) is 0 Å². The predicted octanol–water partition coefficient (Wildman–Crippen LogP) is 1.71. The van der Waals surface area contributed by atoms with Crippen LogP contribution < -0.4 is 9.47 Å². The molecule has 6 nitrogen and oxygen atoms in total. The Morgan fingerprint density at radius 3 is 2.33 bits per heavy atom. The second-order valence-electron chi connectivity index (χ2n) is 4.78. The highest BCUT2D eigenvalue weighted by Crippen LogP contribution is 2.23. The van der Waals surface area contributed by atoms with Gasteiger partial charge in [0.2, 0.25) is 0 Å². The number of hydrogen-bond acceptors (Lipinski definition) is 4. The molecule has 21 heavy (non-hydrogen) atoms. The molecule has 1 aromatic heterocycles. The van der Waals surface area contributed by atoms with Gasteiger partial charge in [0.05, 0.1) is 20.4 Å². The number of ether oxygens (including phenoxy) is 2. The van der Waals surface area contributed by atoms with Crippen molar-refractivity contribution >= 4 is 5.91 Å². The van der Waals surface area contributed by atoms with Gasteiger partial charge in [0.15, 0.2) is 0 Å². The van der Waals surface area contributed by atoms with E-state index in [4.69, 9.17) is 9.47 Å². The molecule has 6 heteroatoms. The molecule has 0 unspecified atom stereocenters. The predicted molar refractivity (Wildman–Crippen MR) is 78.6 cm³/mol. The van der Waals surface area contributed by atoms with Crippen LogP contribution in [0.25, 0.3) is 0 Å². The lowest BCUT2D eigenvalue weighted by molar-refractivity contribution is 0.0784. The molecular formula is C15H19N3O3. The van der Waals surface area contributed by atoms with E-state index in [0.29, 0.717) is 23.6 Å². The third kappa shape index (κ3) is 3.53. The van der Waals surface area contributed by atoms with Crippen LogP contribution in [0.3, 0.4) is 0 Å². The lowest BCUT2D eigenvalue weighted by atomic mass is 10.1. The normalized spacial score (nSPS) is 10.3. The van der Waals surface area contributed by atoms with Gasteiger partial charge < -0.3 is 14.4 Å². The number of aryl methyl sites for hydroxylation is 1. The minimum atomic E-state index is -0.101. The van der Waals surface area contributed by atoms with Crippen LogP contribution in [-0.2, 0) is 13.6 Å². The molecule has 0 N–H and O–H groups in total. The quantitative estimate of drug-likeness (QED) is 0.841. The number of rotatable bonds is 5. The number of methoxy groups -OCH3 is 2. The number of hydrogen-bond donors (Lipinski definition) is 0. The van der Waals surface area contributed by atoms with Gasteiger partial charge in [-0.2, -0.15) is 5.10 Å². The summed E-state index contributed by atoms with van der Waals surface area (Å²) >= 11 is 0. The molecular weight excluding hydrogens is 270 g/mol. The zero-order valence-electron chi connectivity index (χ0n) is 12.7. The highest BCUT2D eigenvalue weighted by Gasteiger charge is 2.15. The third-order valence-electron chi connectivity index (χ3n) is 3.12. The summed E-state index contributed by atoms with van der Waals surface area (Å²) < 4.78 is 12.1. The molecule has 0 bridgehead atoms. The van der Waals surface area contributed by atoms with Crippen molar-refractivity contribution in [1.29, 1.82) is 0 Å². The molecule has 0 spiro atoms. The Morgan fingerprint density at radius 1 is 1.24 bits per heavy atom. The minimum absolute atomic E-state index is 0.101. The molecule has 1 amide bonds. The SMILES string of the molecule is COc1cc(OC)cc(C(=O)N(C)Cc2cnn(C)c2)c1. The monoisotopic (exact) mass is 289 g/mol. The highest BCUT2D eigenvalue weighted by molar-refractivity contribution is 5.94. The molecule has 2 aromatic rings. The van der Waals surface area contributed by atoms with Crippen molar-refractivity contribution in [1.82, 2.24) is 14.7 Å². The maximum atomic E-state index is 12.5. The fraction of sp³-hybridized carbons (Fsp3) is 0.333. The molecule has 0 saturated heterocycles. The van der Waals surface area contributed by atoms with Crippen LogP contribution in [0, 0.1) is 0 Å². The summed E-state index contributed by atoms with van der Waals surface area (Å²) in [6, 6.07) is 5.13. The van der Waals surface area contributed by atoms with Crippen molar-refractivity contribution in [3.63, 3.8) is 0 Å². The topological polar surface area (TPSA) is 56.6 Å². The van der Waals surface area contributed by atoms with Gasteiger partial charge in [-0.15, -0.1) is 0 Å². The lowest BCUT2D eigenvalue weighted by Crippen LogP contribution is -2.26. The average Bonchev–Trinajstić information content (AvgIpc) is 2.90. The van der Waals surface area contributed by atoms with E-state index in [0.717, 1.165) is 5.56 Å². The summed E-state index contributed by atoms with van der Waals surface area (Å²) in [4.78, 5) is 14.1. The number of amides is 1. The first kappa shape index (κ1) is 14.9. The second-order valence-corrected chi connectivity index (χ2v) is 4.78. The van der Waals surface area contributed by atoms with Crippen molar-refractivity contribution in [2.24, 2.45) is 7.05 Å².